The highest BCUT2D eigenvalue weighted by molar-refractivity contribution is 4.84. The van der Waals surface area contributed by atoms with Crippen molar-refractivity contribution in [3.8, 4) is 6.07 Å². The first-order valence-corrected chi connectivity index (χ1v) is 4.44. The highest BCUT2D eigenvalue weighted by Crippen LogP contribution is 1.99. The van der Waals surface area contributed by atoms with Crippen LogP contribution in [0, 0.1) is 11.3 Å². The van der Waals surface area contributed by atoms with Crippen LogP contribution in [0.4, 0.5) is 0 Å². The summed E-state index contributed by atoms with van der Waals surface area (Å²) in [6.45, 7) is 8.15. The molecule has 0 aliphatic heterocycles. The van der Waals surface area contributed by atoms with E-state index >= 15 is 0 Å². The largest absolute Gasteiger partial charge is 0.296 e. The number of hydrogen-bond acceptors (Lipinski definition) is 2. The average Bonchev–Trinajstić information content (AvgIpc) is 2.04. The van der Waals surface area contributed by atoms with Gasteiger partial charge in [-0.3, -0.25) is 4.90 Å². The molecule has 2 heteroatoms. The smallest absolute Gasteiger partial charge is 0.0635 e. The van der Waals surface area contributed by atoms with E-state index in [0.717, 1.165) is 13.1 Å². The molecule has 0 radical (unpaired) electrons. The molecule has 0 N–H and O–H groups in total. The van der Waals surface area contributed by atoms with Crippen LogP contribution in [0.1, 0.15) is 27.2 Å². The summed E-state index contributed by atoms with van der Waals surface area (Å²) in [5, 5.41) is 8.43. The second-order valence-corrected chi connectivity index (χ2v) is 3.07. The van der Waals surface area contributed by atoms with Gasteiger partial charge in [0.05, 0.1) is 6.07 Å². The molecule has 0 aliphatic carbocycles. The van der Waals surface area contributed by atoms with Gasteiger partial charge in [0, 0.05) is 25.6 Å². The van der Waals surface area contributed by atoms with Gasteiger partial charge in [-0.15, -0.1) is 0 Å². The van der Waals surface area contributed by atoms with Gasteiger partial charge in [-0.2, -0.15) is 5.26 Å². The molecule has 0 bridgehead atoms. The third-order valence-electron chi connectivity index (χ3n) is 1.82. The molecule has 2 nitrogen and oxygen atoms in total. The Morgan fingerprint density at radius 3 is 2.58 bits per heavy atom. The molecule has 0 spiro atoms. The molecule has 0 saturated heterocycles. The Labute approximate surface area is 75.5 Å². The molecule has 0 aromatic rings. The first-order chi connectivity index (χ1) is 5.72. The first-order valence-electron chi connectivity index (χ1n) is 4.44. The van der Waals surface area contributed by atoms with Gasteiger partial charge in [-0.1, -0.05) is 12.2 Å². The lowest BCUT2D eigenvalue weighted by atomic mass is 10.3. The Balaban J connectivity index is 3.79. The molecule has 0 amide bonds. The fourth-order valence-corrected chi connectivity index (χ4v) is 0.995. The molecule has 68 valence electrons. The van der Waals surface area contributed by atoms with Crippen LogP contribution in [0.2, 0.25) is 0 Å². The normalized spacial score (nSPS) is 11.3. The maximum atomic E-state index is 8.43. The van der Waals surface area contributed by atoms with Crippen molar-refractivity contribution >= 4 is 0 Å². The highest BCUT2D eigenvalue weighted by Gasteiger charge is 2.05. The fraction of sp³-hybridized carbons (Fsp3) is 0.700. The summed E-state index contributed by atoms with van der Waals surface area (Å²) in [5.41, 5.74) is 0. The van der Waals surface area contributed by atoms with Gasteiger partial charge in [0.2, 0.25) is 0 Å². The van der Waals surface area contributed by atoms with Crippen LogP contribution in [-0.2, 0) is 0 Å². The van der Waals surface area contributed by atoms with Crippen LogP contribution in [0.5, 0.6) is 0 Å². The Hall–Kier alpha value is -0.810. The maximum Gasteiger partial charge on any atom is 0.0635 e. The van der Waals surface area contributed by atoms with Gasteiger partial charge < -0.3 is 0 Å². The van der Waals surface area contributed by atoms with Crippen molar-refractivity contribution in [2.24, 2.45) is 0 Å². The third-order valence-corrected chi connectivity index (χ3v) is 1.82. The van der Waals surface area contributed by atoms with E-state index in [9.17, 15) is 0 Å². The SMILES string of the molecule is CC=CCN(CCC#N)C(C)C. The van der Waals surface area contributed by atoms with E-state index < -0.39 is 0 Å². The minimum absolute atomic E-state index is 0.523. The second-order valence-electron chi connectivity index (χ2n) is 3.07. The Kier molecular flexibility index (Phi) is 6.41. The summed E-state index contributed by atoms with van der Waals surface area (Å²) in [5.74, 6) is 0. The van der Waals surface area contributed by atoms with E-state index in [1.54, 1.807) is 0 Å². The molecule has 0 saturated carbocycles. The summed E-state index contributed by atoms with van der Waals surface area (Å²) in [4.78, 5) is 2.28. The molecule has 0 aromatic carbocycles. The minimum atomic E-state index is 0.523. The van der Waals surface area contributed by atoms with Crippen molar-refractivity contribution in [2.45, 2.75) is 33.2 Å². The lowest BCUT2D eigenvalue weighted by molar-refractivity contribution is 0.251. The topological polar surface area (TPSA) is 27.0 Å². The van der Waals surface area contributed by atoms with Crippen molar-refractivity contribution in [2.75, 3.05) is 13.1 Å². The number of hydrogen-bond donors (Lipinski definition) is 0. The van der Waals surface area contributed by atoms with E-state index in [4.69, 9.17) is 5.26 Å². The van der Waals surface area contributed by atoms with E-state index in [0.29, 0.717) is 12.5 Å². The van der Waals surface area contributed by atoms with E-state index in [1.165, 1.54) is 0 Å². The molecule has 0 rings (SSSR count). The zero-order chi connectivity index (χ0) is 9.40. The lowest BCUT2D eigenvalue weighted by Gasteiger charge is -2.23. The van der Waals surface area contributed by atoms with Gasteiger partial charge in [-0.25, -0.2) is 0 Å². The van der Waals surface area contributed by atoms with Crippen molar-refractivity contribution in [3.05, 3.63) is 12.2 Å². The number of nitriles is 1. The number of nitrogens with zero attached hydrogens (tertiary/aromatic N) is 2. The molecule has 0 unspecified atom stereocenters. The molecule has 0 fully saturated rings. The van der Waals surface area contributed by atoms with Crippen LogP contribution < -0.4 is 0 Å². The first kappa shape index (κ1) is 11.2. The molecular formula is C10H18N2. The third kappa shape index (κ3) is 4.92. The van der Waals surface area contributed by atoms with Crippen LogP contribution in [0.3, 0.4) is 0 Å². The summed E-state index contributed by atoms with van der Waals surface area (Å²) in [7, 11) is 0. The molecule has 0 aromatic heterocycles. The summed E-state index contributed by atoms with van der Waals surface area (Å²) in [6, 6.07) is 2.69. The molecule has 0 aliphatic rings. The van der Waals surface area contributed by atoms with E-state index in [-0.39, 0.29) is 0 Å². The van der Waals surface area contributed by atoms with E-state index in [2.05, 4.69) is 30.9 Å². The second kappa shape index (κ2) is 6.87. The average molecular weight is 166 g/mol. The Bertz CT molecular complexity index is 165. The van der Waals surface area contributed by atoms with Crippen LogP contribution in [0.15, 0.2) is 12.2 Å². The van der Waals surface area contributed by atoms with Gasteiger partial charge in [0.25, 0.3) is 0 Å². The van der Waals surface area contributed by atoms with Crippen molar-refractivity contribution in [1.29, 1.82) is 5.26 Å². The highest BCUT2D eigenvalue weighted by atomic mass is 15.1. The van der Waals surface area contributed by atoms with E-state index in [1.807, 2.05) is 13.0 Å². The minimum Gasteiger partial charge on any atom is -0.296 e. The van der Waals surface area contributed by atoms with Crippen LogP contribution in [0.25, 0.3) is 0 Å². The Morgan fingerprint density at radius 1 is 1.50 bits per heavy atom. The van der Waals surface area contributed by atoms with Crippen LogP contribution in [-0.4, -0.2) is 24.0 Å². The summed E-state index contributed by atoms with van der Waals surface area (Å²) >= 11 is 0. The maximum absolute atomic E-state index is 8.43. The lowest BCUT2D eigenvalue weighted by Crippen LogP contribution is -2.31. The molecule has 0 atom stereocenters. The molecular weight excluding hydrogens is 148 g/mol. The predicted molar refractivity (Wildman–Crippen MR) is 51.8 cm³/mol. The van der Waals surface area contributed by atoms with Gasteiger partial charge >= 0.3 is 0 Å². The van der Waals surface area contributed by atoms with Crippen LogP contribution >= 0.6 is 0 Å². The zero-order valence-corrected chi connectivity index (χ0v) is 8.25. The monoisotopic (exact) mass is 166 g/mol. The summed E-state index contributed by atoms with van der Waals surface area (Å²) in [6.07, 6.45) is 4.79. The van der Waals surface area contributed by atoms with Crippen molar-refractivity contribution in [3.63, 3.8) is 0 Å². The molecule has 12 heavy (non-hydrogen) atoms. The predicted octanol–water partition coefficient (Wildman–Crippen LogP) is 2.19. The zero-order valence-electron chi connectivity index (χ0n) is 8.25. The number of allylic oxidation sites excluding steroid dienone is 1. The standard InChI is InChI=1S/C10H18N2/c1-4-5-8-12(10(2)3)9-6-7-11/h4-5,10H,6,8-9H2,1-3H3. The Morgan fingerprint density at radius 2 is 2.17 bits per heavy atom. The van der Waals surface area contributed by atoms with Crippen molar-refractivity contribution in [1.82, 2.24) is 4.90 Å². The summed E-state index contributed by atoms with van der Waals surface area (Å²) < 4.78 is 0. The quantitative estimate of drug-likeness (QED) is 0.585. The number of rotatable bonds is 5. The van der Waals surface area contributed by atoms with Gasteiger partial charge in [0.15, 0.2) is 0 Å². The van der Waals surface area contributed by atoms with Gasteiger partial charge in [0.1, 0.15) is 0 Å². The molecule has 0 heterocycles. The van der Waals surface area contributed by atoms with Crippen molar-refractivity contribution < 1.29 is 0 Å². The fourth-order valence-electron chi connectivity index (χ4n) is 0.995. The van der Waals surface area contributed by atoms with Gasteiger partial charge in [-0.05, 0) is 20.8 Å².